The molecule has 8 heteroatoms. The molecule has 0 aliphatic rings. The quantitative estimate of drug-likeness (QED) is 0.654. The van der Waals surface area contributed by atoms with Crippen molar-refractivity contribution in [3.63, 3.8) is 0 Å². The van der Waals surface area contributed by atoms with Gasteiger partial charge in [0.15, 0.2) is 0 Å². The average Bonchev–Trinajstić information content (AvgIpc) is 2.88. The minimum absolute atomic E-state index is 0.0552. The van der Waals surface area contributed by atoms with Crippen molar-refractivity contribution in [1.82, 2.24) is 25.0 Å². The zero-order chi connectivity index (χ0) is 14.7. The maximum Gasteiger partial charge on any atom is 0.261 e. The summed E-state index contributed by atoms with van der Waals surface area (Å²) in [6.07, 6.45) is 2.94. The Balaban J connectivity index is 1.94. The van der Waals surface area contributed by atoms with Gasteiger partial charge in [0, 0.05) is 13.2 Å². The van der Waals surface area contributed by atoms with E-state index in [9.17, 15) is 9.18 Å². The van der Waals surface area contributed by atoms with Crippen molar-refractivity contribution in [2.75, 3.05) is 0 Å². The summed E-state index contributed by atoms with van der Waals surface area (Å²) < 4.78 is 16.2. The number of hydrogen-bond acceptors (Lipinski definition) is 4. The van der Waals surface area contributed by atoms with Gasteiger partial charge in [0.05, 0.1) is 23.2 Å². The average molecular weight is 278 g/mol. The molecule has 2 rings (SSSR count). The summed E-state index contributed by atoms with van der Waals surface area (Å²) in [6, 6.07) is 1.80. The van der Waals surface area contributed by atoms with Gasteiger partial charge in [-0.05, 0) is 19.9 Å². The molecule has 1 N–H and O–H groups in total. The Morgan fingerprint density at radius 3 is 2.80 bits per heavy atom. The second kappa shape index (κ2) is 5.64. The fourth-order valence-electron chi connectivity index (χ4n) is 1.70. The smallest absolute Gasteiger partial charge is 0.261 e. The third-order valence-electron chi connectivity index (χ3n) is 2.66. The lowest BCUT2D eigenvalue weighted by molar-refractivity contribution is -0.121. The first-order valence-corrected chi connectivity index (χ1v) is 5.98. The molecule has 0 fully saturated rings. The van der Waals surface area contributed by atoms with Crippen LogP contribution in [0.1, 0.15) is 17.0 Å². The van der Waals surface area contributed by atoms with Gasteiger partial charge in [-0.15, -0.1) is 0 Å². The molecule has 7 nitrogen and oxygen atoms in total. The number of carbonyl (C=O) groups excluding carboxylic acids is 1. The highest BCUT2D eigenvalue weighted by Crippen LogP contribution is 2.07. The van der Waals surface area contributed by atoms with Gasteiger partial charge in [-0.3, -0.25) is 9.48 Å². The summed E-state index contributed by atoms with van der Waals surface area (Å²) in [4.78, 5) is 11.6. The van der Waals surface area contributed by atoms with Crippen molar-refractivity contribution in [3.05, 3.63) is 35.2 Å². The largest absolute Gasteiger partial charge is 0.271 e. The third kappa shape index (κ3) is 3.08. The highest BCUT2D eigenvalue weighted by atomic mass is 19.1. The van der Waals surface area contributed by atoms with E-state index in [0.29, 0.717) is 5.69 Å². The normalized spacial score (nSPS) is 11.2. The first-order valence-electron chi connectivity index (χ1n) is 5.98. The van der Waals surface area contributed by atoms with E-state index in [1.54, 1.807) is 19.2 Å². The molecule has 0 radical (unpaired) electrons. The maximum absolute atomic E-state index is 13.6. The van der Waals surface area contributed by atoms with Crippen molar-refractivity contribution in [2.45, 2.75) is 20.4 Å². The number of nitrogens with zero attached hydrogens (tertiary/aromatic N) is 5. The Morgan fingerprint density at radius 1 is 1.50 bits per heavy atom. The van der Waals surface area contributed by atoms with E-state index in [1.165, 1.54) is 17.9 Å². The van der Waals surface area contributed by atoms with Gasteiger partial charge in [0.1, 0.15) is 6.54 Å². The van der Waals surface area contributed by atoms with Crippen LogP contribution in [0.5, 0.6) is 0 Å². The number of hydrogen-bond donors (Lipinski definition) is 1. The SMILES string of the molecule is Cc1ccn(CC(=O)N/N=C/c2c(C)nn(C)c2F)n1. The van der Waals surface area contributed by atoms with Crippen LogP contribution in [0.25, 0.3) is 0 Å². The molecular weight excluding hydrogens is 263 g/mol. The monoisotopic (exact) mass is 278 g/mol. The highest BCUT2D eigenvalue weighted by Gasteiger charge is 2.10. The van der Waals surface area contributed by atoms with E-state index in [4.69, 9.17) is 0 Å². The van der Waals surface area contributed by atoms with Gasteiger partial charge in [0.2, 0.25) is 5.95 Å². The Hall–Kier alpha value is -2.51. The molecule has 0 bridgehead atoms. The summed E-state index contributed by atoms with van der Waals surface area (Å²) in [5.41, 5.74) is 3.90. The minimum atomic E-state index is -0.497. The number of carbonyl (C=O) groups is 1. The fraction of sp³-hybridized carbons (Fsp3) is 0.333. The molecule has 0 saturated heterocycles. The zero-order valence-electron chi connectivity index (χ0n) is 11.5. The predicted octanol–water partition coefficient (Wildman–Crippen LogP) is 0.523. The van der Waals surface area contributed by atoms with Crippen LogP contribution in [-0.4, -0.2) is 31.7 Å². The highest BCUT2D eigenvalue weighted by molar-refractivity contribution is 5.83. The van der Waals surface area contributed by atoms with Crippen molar-refractivity contribution in [3.8, 4) is 0 Å². The number of halogens is 1. The van der Waals surface area contributed by atoms with Gasteiger partial charge in [0.25, 0.3) is 5.91 Å². The van der Waals surface area contributed by atoms with Gasteiger partial charge in [-0.25, -0.2) is 10.1 Å². The molecule has 0 unspecified atom stereocenters. The Morgan fingerprint density at radius 2 is 2.25 bits per heavy atom. The summed E-state index contributed by atoms with van der Waals surface area (Å²) in [7, 11) is 1.50. The maximum atomic E-state index is 13.6. The zero-order valence-corrected chi connectivity index (χ0v) is 11.5. The molecule has 0 aliphatic carbocycles. The van der Waals surface area contributed by atoms with Crippen LogP contribution < -0.4 is 5.43 Å². The van der Waals surface area contributed by atoms with E-state index in [0.717, 1.165) is 10.4 Å². The summed E-state index contributed by atoms with van der Waals surface area (Å²) in [6.45, 7) is 3.55. The minimum Gasteiger partial charge on any atom is -0.271 e. The van der Waals surface area contributed by atoms with Gasteiger partial charge >= 0.3 is 0 Å². The molecule has 1 amide bonds. The number of aryl methyl sites for hydroxylation is 3. The van der Waals surface area contributed by atoms with Crippen LogP contribution in [0.15, 0.2) is 17.4 Å². The standard InChI is InChI=1S/C12H15FN6O/c1-8-4-5-19(16-8)7-11(20)15-14-6-10-9(2)17-18(3)12(10)13/h4-6H,7H2,1-3H3,(H,15,20)/b14-6+. The molecule has 20 heavy (non-hydrogen) atoms. The third-order valence-corrected chi connectivity index (χ3v) is 2.66. The van der Waals surface area contributed by atoms with Crippen LogP contribution in [0.4, 0.5) is 4.39 Å². The Labute approximate surface area is 115 Å². The topological polar surface area (TPSA) is 77.1 Å². The van der Waals surface area contributed by atoms with Crippen LogP contribution in [0.3, 0.4) is 0 Å². The van der Waals surface area contributed by atoms with Crippen molar-refractivity contribution in [2.24, 2.45) is 12.1 Å². The lowest BCUT2D eigenvalue weighted by Crippen LogP contribution is -2.23. The van der Waals surface area contributed by atoms with Crippen molar-refractivity contribution in [1.29, 1.82) is 0 Å². The van der Waals surface area contributed by atoms with E-state index < -0.39 is 5.95 Å². The molecular formula is C12H15FN6O. The number of hydrazone groups is 1. The van der Waals surface area contributed by atoms with Crippen LogP contribution in [0, 0.1) is 19.8 Å². The summed E-state index contributed by atoms with van der Waals surface area (Å²) >= 11 is 0. The molecule has 2 aromatic heterocycles. The number of nitrogens with one attached hydrogen (secondary N) is 1. The first kappa shape index (κ1) is 13.9. The van der Waals surface area contributed by atoms with Gasteiger partial charge in [-0.1, -0.05) is 0 Å². The second-order valence-electron chi connectivity index (χ2n) is 4.36. The number of amides is 1. The molecule has 0 saturated carbocycles. The Kier molecular flexibility index (Phi) is 3.92. The predicted molar refractivity (Wildman–Crippen MR) is 70.6 cm³/mol. The van der Waals surface area contributed by atoms with Crippen LogP contribution >= 0.6 is 0 Å². The molecule has 2 aromatic rings. The molecule has 0 spiro atoms. The molecule has 2 heterocycles. The molecule has 0 aromatic carbocycles. The van der Waals surface area contributed by atoms with Crippen molar-refractivity contribution >= 4 is 12.1 Å². The lowest BCUT2D eigenvalue weighted by atomic mass is 10.3. The van der Waals surface area contributed by atoms with Crippen LogP contribution in [0.2, 0.25) is 0 Å². The first-order chi connectivity index (χ1) is 9.47. The van der Waals surface area contributed by atoms with E-state index >= 15 is 0 Å². The van der Waals surface area contributed by atoms with Crippen LogP contribution in [-0.2, 0) is 18.4 Å². The molecule has 0 aliphatic heterocycles. The fourth-order valence-corrected chi connectivity index (χ4v) is 1.70. The number of aromatic nitrogens is 4. The van der Waals surface area contributed by atoms with E-state index in [-0.39, 0.29) is 18.0 Å². The molecule has 0 atom stereocenters. The van der Waals surface area contributed by atoms with Crippen molar-refractivity contribution < 1.29 is 9.18 Å². The van der Waals surface area contributed by atoms with Gasteiger partial charge < -0.3 is 0 Å². The van der Waals surface area contributed by atoms with E-state index in [1.807, 2.05) is 6.92 Å². The summed E-state index contributed by atoms with van der Waals surface area (Å²) in [5.74, 6) is -0.838. The Bertz CT molecular complexity index is 657. The van der Waals surface area contributed by atoms with E-state index in [2.05, 4.69) is 20.7 Å². The lowest BCUT2D eigenvalue weighted by Gasteiger charge is -1.99. The number of rotatable bonds is 4. The summed E-state index contributed by atoms with van der Waals surface area (Å²) in [5, 5.41) is 11.7. The second-order valence-corrected chi connectivity index (χ2v) is 4.36. The van der Waals surface area contributed by atoms with Gasteiger partial charge in [-0.2, -0.15) is 19.7 Å². The molecule has 106 valence electrons.